The third kappa shape index (κ3) is 4.61. The number of rotatable bonds is 3. The second-order valence-corrected chi connectivity index (χ2v) is 3.06. The molecule has 0 aliphatic carbocycles. The van der Waals surface area contributed by atoms with Crippen molar-refractivity contribution in [2.24, 2.45) is 16.6 Å². The zero-order valence-corrected chi connectivity index (χ0v) is 8.64. The summed E-state index contributed by atoms with van der Waals surface area (Å²) in [5.74, 6) is 0.0856. The van der Waals surface area contributed by atoms with Crippen LogP contribution in [0.25, 0.3) is 6.08 Å². The van der Waals surface area contributed by atoms with Crippen molar-refractivity contribution in [1.82, 2.24) is 0 Å². The van der Waals surface area contributed by atoms with E-state index in [4.69, 9.17) is 11.5 Å². The first-order chi connectivity index (χ1) is 7.18. The lowest BCUT2D eigenvalue weighted by molar-refractivity contribution is -0.464. The number of guanidine groups is 1. The molecular formula is C11H15N4+. The number of benzene rings is 1. The molecule has 15 heavy (non-hydrogen) atoms. The van der Waals surface area contributed by atoms with Crippen molar-refractivity contribution >= 4 is 17.7 Å². The standard InChI is InChI=1S/C11H14N4/c1-9(14-15-11(12)13)7-8-10-5-3-2-4-6-10/h2-8H,1H3,(H4,12,13,15)/p+1. The highest BCUT2D eigenvalue weighted by atomic mass is 15.3. The average molecular weight is 203 g/mol. The zero-order valence-electron chi connectivity index (χ0n) is 8.64. The monoisotopic (exact) mass is 203 g/mol. The Kier molecular flexibility index (Phi) is 4.09. The summed E-state index contributed by atoms with van der Waals surface area (Å²) in [7, 11) is 0. The van der Waals surface area contributed by atoms with Gasteiger partial charge in [0.05, 0.1) is 5.71 Å². The average Bonchev–Trinajstić information content (AvgIpc) is 2.25. The molecule has 5 N–H and O–H groups in total. The van der Waals surface area contributed by atoms with Crippen LogP contribution in [-0.4, -0.2) is 11.7 Å². The van der Waals surface area contributed by atoms with Crippen LogP contribution in [0.2, 0.25) is 0 Å². The van der Waals surface area contributed by atoms with Gasteiger partial charge in [-0.1, -0.05) is 36.4 Å². The van der Waals surface area contributed by atoms with Crippen molar-refractivity contribution < 1.29 is 5.10 Å². The predicted octanol–water partition coefficient (Wildman–Crippen LogP) is -0.570. The molecule has 0 aliphatic heterocycles. The molecule has 0 atom stereocenters. The Labute approximate surface area is 89.0 Å². The molecule has 0 bridgehead atoms. The fourth-order valence-corrected chi connectivity index (χ4v) is 0.971. The Balaban J connectivity index is 2.66. The number of nitrogens with one attached hydrogen (secondary N) is 1. The highest BCUT2D eigenvalue weighted by Crippen LogP contribution is 2.00. The quantitative estimate of drug-likeness (QED) is 0.349. The summed E-state index contributed by atoms with van der Waals surface area (Å²) in [5, 5.41) is 6.42. The van der Waals surface area contributed by atoms with Crippen molar-refractivity contribution in [2.75, 3.05) is 0 Å². The number of nitrogens with zero attached hydrogens (tertiary/aromatic N) is 1. The van der Waals surface area contributed by atoms with E-state index in [1.54, 1.807) is 0 Å². The van der Waals surface area contributed by atoms with Crippen molar-refractivity contribution in [3.63, 3.8) is 0 Å². The highest BCUT2D eigenvalue weighted by Gasteiger charge is 1.87. The molecule has 0 radical (unpaired) electrons. The summed E-state index contributed by atoms with van der Waals surface area (Å²) < 4.78 is 0. The summed E-state index contributed by atoms with van der Waals surface area (Å²) in [6.07, 6.45) is 3.85. The molecule has 4 nitrogen and oxygen atoms in total. The van der Waals surface area contributed by atoms with Gasteiger partial charge in [0.25, 0.3) is 0 Å². The normalized spacial score (nSPS) is 11.7. The molecule has 1 aromatic rings. The maximum atomic E-state index is 5.20. The lowest BCUT2D eigenvalue weighted by atomic mass is 10.2. The van der Waals surface area contributed by atoms with Crippen LogP contribution in [-0.2, 0) is 0 Å². The van der Waals surface area contributed by atoms with Crippen LogP contribution in [0.4, 0.5) is 0 Å². The molecule has 0 saturated heterocycles. The minimum Gasteiger partial charge on any atom is -0.289 e. The number of allylic oxidation sites excluding steroid dienone is 1. The van der Waals surface area contributed by atoms with Gasteiger partial charge in [-0.25, -0.2) is 0 Å². The van der Waals surface area contributed by atoms with Gasteiger partial charge in [0.1, 0.15) is 0 Å². The van der Waals surface area contributed by atoms with Gasteiger partial charge in [0, 0.05) is 0 Å². The van der Waals surface area contributed by atoms with Crippen LogP contribution in [0.1, 0.15) is 12.5 Å². The van der Waals surface area contributed by atoms with Gasteiger partial charge in [-0.3, -0.25) is 11.5 Å². The van der Waals surface area contributed by atoms with Gasteiger partial charge in [0.2, 0.25) is 0 Å². The zero-order chi connectivity index (χ0) is 11.1. The van der Waals surface area contributed by atoms with E-state index in [1.807, 2.05) is 49.4 Å². The van der Waals surface area contributed by atoms with Gasteiger partial charge in [-0.05, 0) is 18.6 Å². The Morgan fingerprint density at radius 2 is 1.93 bits per heavy atom. The minimum atomic E-state index is 0.0856. The lowest BCUT2D eigenvalue weighted by Crippen LogP contribution is -2.72. The molecule has 78 valence electrons. The first-order valence-corrected chi connectivity index (χ1v) is 4.60. The maximum Gasteiger partial charge on any atom is 0.362 e. The fourth-order valence-electron chi connectivity index (χ4n) is 0.971. The van der Waals surface area contributed by atoms with E-state index in [9.17, 15) is 0 Å². The smallest absolute Gasteiger partial charge is 0.289 e. The third-order valence-corrected chi connectivity index (χ3v) is 1.68. The van der Waals surface area contributed by atoms with E-state index < -0.39 is 0 Å². The highest BCUT2D eigenvalue weighted by molar-refractivity contribution is 5.95. The summed E-state index contributed by atoms with van der Waals surface area (Å²) in [5.41, 5.74) is 12.3. The van der Waals surface area contributed by atoms with Crippen LogP contribution in [0.3, 0.4) is 0 Å². The first kappa shape index (κ1) is 11.0. The van der Waals surface area contributed by atoms with E-state index >= 15 is 0 Å². The van der Waals surface area contributed by atoms with Crippen LogP contribution in [0.5, 0.6) is 0 Å². The van der Waals surface area contributed by atoms with Gasteiger partial charge in [0.15, 0.2) is 0 Å². The minimum absolute atomic E-state index is 0.0856. The van der Waals surface area contributed by atoms with Crippen LogP contribution in [0, 0.1) is 0 Å². The Hall–Kier alpha value is -2.10. The Morgan fingerprint density at radius 1 is 1.27 bits per heavy atom. The SMILES string of the molecule is CC(C=Cc1ccccc1)=N[NH+]=C(N)N. The lowest BCUT2D eigenvalue weighted by Gasteiger charge is -1.90. The van der Waals surface area contributed by atoms with Crippen molar-refractivity contribution in [2.45, 2.75) is 6.92 Å². The summed E-state index contributed by atoms with van der Waals surface area (Å²) in [6.45, 7) is 1.86. The molecule has 0 spiro atoms. The van der Waals surface area contributed by atoms with Gasteiger partial charge < -0.3 is 0 Å². The predicted molar refractivity (Wildman–Crippen MR) is 62.9 cm³/mol. The van der Waals surface area contributed by atoms with E-state index in [0.717, 1.165) is 11.3 Å². The van der Waals surface area contributed by atoms with Crippen LogP contribution >= 0.6 is 0 Å². The third-order valence-electron chi connectivity index (χ3n) is 1.68. The largest absolute Gasteiger partial charge is 0.362 e. The molecule has 0 unspecified atom stereocenters. The second-order valence-electron chi connectivity index (χ2n) is 3.06. The molecule has 0 fully saturated rings. The first-order valence-electron chi connectivity index (χ1n) is 4.60. The van der Waals surface area contributed by atoms with Crippen LogP contribution in [0.15, 0.2) is 41.5 Å². The molecule has 0 amide bonds. The Bertz CT molecular complexity index is 386. The molecule has 1 aromatic carbocycles. The van der Waals surface area contributed by atoms with E-state index in [2.05, 4.69) is 10.2 Å². The Morgan fingerprint density at radius 3 is 2.53 bits per heavy atom. The van der Waals surface area contributed by atoms with E-state index in [0.29, 0.717) is 0 Å². The van der Waals surface area contributed by atoms with Crippen LogP contribution < -0.4 is 16.6 Å². The molecule has 0 saturated carbocycles. The van der Waals surface area contributed by atoms with Crippen molar-refractivity contribution in [3.05, 3.63) is 42.0 Å². The number of nitrogens with two attached hydrogens (primary N) is 2. The van der Waals surface area contributed by atoms with E-state index in [-0.39, 0.29) is 5.96 Å². The maximum absolute atomic E-state index is 5.20. The number of hydrazone groups is 1. The summed E-state index contributed by atoms with van der Waals surface area (Å²) >= 11 is 0. The summed E-state index contributed by atoms with van der Waals surface area (Å²) in [6, 6.07) is 9.97. The molecule has 0 aliphatic rings. The number of hydrogen-bond acceptors (Lipinski definition) is 1. The molecule has 4 heteroatoms. The molecule has 0 aromatic heterocycles. The fraction of sp³-hybridized carbons (Fsp3) is 0.0909. The van der Waals surface area contributed by atoms with E-state index in [1.165, 1.54) is 0 Å². The molecule has 1 rings (SSSR count). The van der Waals surface area contributed by atoms with Gasteiger partial charge in [-0.2, -0.15) is 5.10 Å². The topological polar surface area (TPSA) is 78.4 Å². The molecular weight excluding hydrogens is 188 g/mol. The summed E-state index contributed by atoms with van der Waals surface area (Å²) in [4.78, 5) is 0. The number of hydrogen-bond donors (Lipinski definition) is 3. The molecule has 0 heterocycles. The second kappa shape index (κ2) is 5.59. The van der Waals surface area contributed by atoms with Gasteiger partial charge in [-0.15, -0.1) is 5.10 Å². The van der Waals surface area contributed by atoms with Crippen molar-refractivity contribution in [3.8, 4) is 0 Å². The van der Waals surface area contributed by atoms with Crippen molar-refractivity contribution in [1.29, 1.82) is 0 Å². The van der Waals surface area contributed by atoms with Gasteiger partial charge >= 0.3 is 5.96 Å².